The van der Waals surface area contributed by atoms with Gasteiger partial charge in [-0.3, -0.25) is 4.99 Å². The van der Waals surface area contributed by atoms with E-state index in [1.807, 2.05) is 12.3 Å². The van der Waals surface area contributed by atoms with Gasteiger partial charge in [-0.25, -0.2) is 4.39 Å². The second-order valence-electron chi connectivity index (χ2n) is 7.53. The van der Waals surface area contributed by atoms with Crippen molar-refractivity contribution in [2.75, 3.05) is 59.9 Å². The number of aromatic nitrogens is 1. The van der Waals surface area contributed by atoms with Gasteiger partial charge in [0.25, 0.3) is 0 Å². The second kappa shape index (κ2) is 10.4. The molecule has 1 aromatic heterocycles. The first-order chi connectivity index (χ1) is 13.7. The van der Waals surface area contributed by atoms with E-state index in [2.05, 4.69) is 37.5 Å². The zero-order valence-electron chi connectivity index (χ0n) is 17.1. The minimum atomic E-state index is -0.212. The number of fused-ring (bicyclic) bond motifs is 1. The summed E-state index contributed by atoms with van der Waals surface area (Å²) in [6.45, 7) is 7.56. The Balaban J connectivity index is 1.35. The van der Waals surface area contributed by atoms with Crippen LogP contribution in [0, 0.1) is 5.82 Å². The summed E-state index contributed by atoms with van der Waals surface area (Å²) in [7, 11) is 4.00. The van der Waals surface area contributed by atoms with Gasteiger partial charge in [0.15, 0.2) is 5.96 Å². The van der Waals surface area contributed by atoms with Gasteiger partial charge in [0.2, 0.25) is 0 Å². The summed E-state index contributed by atoms with van der Waals surface area (Å²) >= 11 is 0. The third kappa shape index (κ3) is 5.94. The number of H-pyrrole nitrogens is 1. The molecule has 0 spiro atoms. The quantitative estimate of drug-likeness (QED) is 0.386. The standard InChI is InChI=1S/C21H33FN6/c1-23-21(24-8-3-11-28-12-4-10-27(2)13-14-28)25-9-7-17-16-26-20-15-18(22)5-6-19(17)20/h5-6,15-16,26H,3-4,7-14H2,1-2H3,(H2,23,24,25). The fourth-order valence-electron chi connectivity index (χ4n) is 3.73. The normalized spacial score (nSPS) is 17.0. The van der Waals surface area contributed by atoms with Crippen LogP contribution < -0.4 is 10.6 Å². The molecule has 0 radical (unpaired) electrons. The van der Waals surface area contributed by atoms with E-state index in [9.17, 15) is 4.39 Å². The number of rotatable bonds is 7. The largest absolute Gasteiger partial charge is 0.361 e. The van der Waals surface area contributed by atoms with Gasteiger partial charge in [-0.2, -0.15) is 0 Å². The molecule has 1 fully saturated rings. The molecule has 6 nitrogen and oxygen atoms in total. The third-order valence-corrected chi connectivity index (χ3v) is 5.40. The molecule has 154 valence electrons. The number of hydrogen-bond acceptors (Lipinski definition) is 3. The average Bonchev–Trinajstić information content (AvgIpc) is 2.96. The highest BCUT2D eigenvalue weighted by Gasteiger charge is 2.11. The van der Waals surface area contributed by atoms with Crippen LogP contribution in [0.4, 0.5) is 4.39 Å². The Kier molecular flexibility index (Phi) is 7.68. The molecule has 3 rings (SSSR count). The van der Waals surface area contributed by atoms with Gasteiger partial charge in [0.05, 0.1) is 0 Å². The van der Waals surface area contributed by atoms with E-state index in [1.165, 1.54) is 37.2 Å². The molecule has 0 saturated carbocycles. The van der Waals surface area contributed by atoms with Crippen LogP contribution in [0.3, 0.4) is 0 Å². The Morgan fingerprint density at radius 1 is 1.18 bits per heavy atom. The Hall–Kier alpha value is -2.12. The summed E-state index contributed by atoms with van der Waals surface area (Å²) in [6.07, 6.45) is 5.18. The van der Waals surface area contributed by atoms with Crippen molar-refractivity contribution >= 4 is 16.9 Å². The van der Waals surface area contributed by atoms with Crippen LogP contribution in [0.5, 0.6) is 0 Å². The molecule has 28 heavy (non-hydrogen) atoms. The number of guanidine groups is 1. The predicted octanol–water partition coefficient (Wildman–Crippen LogP) is 2.04. The van der Waals surface area contributed by atoms with Crippen LogP contribution >= 0.6 is 0 Å². The fraction of sp³-hybridized carbons (Fsp3) is 0.571. The minimum Gasteiger partial charge on any atom is -0.361 e. The third-order valence-electron chi connectivity index (χ3n) is 5.40. The van der Waals surface area contributed by atoms with Gasteiger partial charge < -0.3 is 25.4 Å². The molecule has 1 saturated heterocycles. The number of nitrogens with zero attached hydrogens (tertiary/aromatic N) is 3. The number of aliphatic imine (C=N–C) groups is 1. The fourth-order valence-corrected chi connectivity index (χ4v) is 3.73. The highest BCUT2D eigenvalue weighted by Crippen LogP contribution is 2.19. The van der Waals surface area contributed by atoms with Crippen molar-refractivity contribution in [3.05, 3.63) is 35.8 Å². The lowest BCUT2D eigenvalue weighted by molar-refractivity contribution is 0.274. The van der Waals surface area contributed by atoms with Crippen molar-refractivity contribution in [3.8, 4) is 0 Å². The van der Waals surface area contributed by atoms with Gasteiger partial charge >= 0.3 is 0 Å². The maximum absolute atomic E-state index is 13.3. The first-order valence-corrected chi connectivity index (χ1v) is 10.3. The molecule has 0 unspecified atom stereocenters. The van der Waals surface area contributed by atoms with Crippen LogP contribution in [0.15, 0.2) is 29.4 Å². The number of hydrogen-bond donors (Lipinski definition) is 3. The zero-order valence-corrected chi connectivity index (χ0v) is 17.1. The lowest BCUT2D eigenvalue weighted by atomic mass is 10.1. The van der Waals surface area contributed by atoms with Crippen LogP contribution in [-0.4, -0.2) is 80.7 Å². The summed E-state index contributed by atoms with van der Waals surface area (Å²) in [5, 5.41) is 7.85. The van der Waals surface area contributed by atoms with Gasteiger partial charge in [-0.1, -0.05) is 0 Å². The van der Waals surface area contributed by atoms with E-state index in [0.29, 0.717) is 0 Å². The first-order valence-electron chi connectivity index (χ1n) is 10.3. The zero-order chi connectivity index (χ0) is 19.8. The highest BCUT2D eigenvalue weighted by atomic mass is 19.1. The molecule has 2 aromatic rings. The maximum atomic E-state index is 13.3. The molecule has 1 aliphatic rings. The van der Waals surface area contributed by atoms with Gasteiger partial charge in [0.1, 0.15) is 5.82 Å². The highest BCUT2D eigenvalue weighted by molar-refractivity contribution is 5.83. The summed E-state index contributed by atoms with van der Waals surface area (Å²) in [4.78, 5) is 12.4. The molecule has 0 bridgehead atoms. The Bertz CT molecular complexity index is 771. The Morgan fingerprint density at radius 3 is 2.89 bits per heavy atom. The van der Waals surface area contributed by atoms with E-state index in [-0.39, 0.29) is 5.82 Å². The molecular formula is C21H33FN6. The molecule has 3 N–H and O–H groups in total. The van der Waals surface area contributed by atoms with Crippen molar-refractivity contribution in [1.29, 1.82) is 0 Å². The monoisotopic (exact) mass is 388 g/mol. The number of aromatic amines is 1. The lowest BCUT2D eigenvalue weighted by Crippen LogP contribution is -2.39. The van der Waals surface area contributed by atoms with Gasteiger partial charge in [-0.05, 0) is 69.7 Å². The smallest absolute Gasteiger partial charge is 0.190 e. The van der Waals surface area contributed by atoms with Gasteiger partial charge in [-0.15, -0.1) is 0 Å². The average molecular weight is 389 g/mol. The molecule has 1 aliphatic heterocycles. The van der Waals surface area contributed by atoms with E-state index >= 15 is 0 Å². The summed E-state index contributed by atoms with van der Waals surface area (Å²) in [6, 6.07) is 4.88. The number of likely N-dealkylation sites (N-methyl/N-ethyl adjacent to an activating group) is 1. The summed E-state index contributed by atoms with van der Waals surface area (Å²) in [5.74, 6) is 0.623. The molecule has 2 heterocycles. The molecule has 0 atom stereocenters. The number of nitrogens with one attached hydrogen (secondary N) is 3. The van der Waals surface area contributed by atoms with Crippen LogP contribution in [0.25, 0.3) is 10.9 Å². The molecular weight excluding hydrogens is 355 g/mol. The molecule has 7 heteroatoms. The van der Waals surface area contributed by atoms with Crippen molar-refractivity contribution in [1.82, 2.24) is 25.4 Å². The van der Waals surface area contributed by atoms with E-state index in [1.54, 1.807) is 7.05 Å². The number of halogens is 1. The van der Waals surface area contributed by atoms with Crippen molar-refractivity contribution in [2.24, 2.45) is 4.99 Å². The summed E-state index contributed by atoms with van der Waals surface area (Å²) in [5.41, 5.74) is 2.03. The second-order valence-corrected chi connectivity index (χ2v) is 7.53. The molecule has 0 amide bonds. The lowest BCUT2D eigenvalue weighted by Gasteiger charge is -2.20. The van der Waals surface area contributed by atoms with Crippen LogP contribution in [-0.2, 0) is 6.42 Å². The van der Waals surface area contributed by atoms with Gasteiger partial charge in [0, 0.05) is 50.3 Å². The Labute approximate surface area is 167 Å². The van der Waals surface area contributed by atoms with Crippen molar-refractivity contribution in [2.45, 2.75) is 19.3 Å². The number of benzene rings is 1. The van der Waals surface area contributed by atoms with E-state index in [4.69, 9.17) is 0 Å². The predicted molar refractivity (Wildman–Crippen MR) is 114 cm³/mol. The Morgan fingerprint density at radius 2 is 2.04 bits per heavy atom. The van der Waals surface area contributed by atoms with Crippen molar-refractivity contribution in [3.63, 3.8) is 0 Å². The first kappa shape index (κ1) is 20.6. The minimum absolute atomic E-state index is 0.212. The van der Waals surface area contributed by atoms with Crippen LogP contribution in [0.2, 0.25) is 0 Å². The topological polar surface area (TPSA) is 58.7 Å². The maximum Gasteiger partial charge on any atom is 0.190 e. The van der Waals surface area contributed by atoms with E-state index < -0.39 is 0 Å². The van der Waals surface area contributed by atoms with Crippen molar-refractivity contribution < 1.29 is 4.39 Å². The molecule has 1 aromatic carbocycles. The summed E-state index contributed by atoms with van der Waals surface area (Å²) < 4.78 is 13.3. The SMILES string of the molecule is CN=C(NCCCN1CCCN(C)CC1)NCCc1c[nH]c2cc(F)ccc12. The molecule has 0 aliphatic carbocycles. The van der Waals surface area contributed by atoms with E-state index in [0.717, 1.165) is 62.4 Å². The van der Waals surface area contributed by atoms with Crippen LogP contribution in [0.1, 0.15) is 18.4 Å².